The van der Waals surface area contributed by atoms with E-state index in [4.69, 9.17) is 20.4 Å². The molecule has 3 fully saturated rings. The molecular formula is C22H30ClN5O10. The average Bonchev–Trinajstić information content (AvgIpc) is 3.62. The Morgan fingerprint density at radius 1 is 0.632 bits per heavy atom. The normalized spacial score (nSPS) is 17.5. The van der Waals surface area contributed by atoms with Crippen molar-refractivity contribution in [1.29, 1.82) is 0 Å². The Morgan fingerprint density at radius 2 is 0.974 bits per heavy atom. The third-order valence-electron chi connectivity index (χ3n) is 5.66. The van der Waals surface area contributed by atoms with E-state index in [1.165, 1.54) is 6.08 Å². The summed E-state index contributed by atoms with van der Waals surface area (Å²) < 4.78 is 0. The van der Waals surface area contributed by atoms with Crippen molar-refractivity contribution in [2.75, 3.05) is 78.5 Å². The van der Waals surface area contributed by atoms with E-state index in [2.05, 4.69) is 0 Å². The Kier molecular flexibility index (Phi) is 10.6. The summed E-state index contributed by atoms with van der Waals surface area (Å²) >= 11 is 0. The van der Waals surface area contributed by atoms with Crippen LogP contribution in [-0.2, 0) is 28.8 Å². The minimum absolute atomic E-state index is 0. The lowest BCUT2D eigenvalue weighted by molar-refractivity contribution is -0.145. The minimum atomic E-state index is -1.23. The Bertz CT molecular complexity index is 981. The fourth-order valence-electron chi connectivity index (χ4n) is 3.75. The third-order valence-corrected chi connectivity index (χ3v) is 5.66. The van der Waals surface area contributed by atoms with Crippen molar-refractivity contribution >= 4 is 47.9 Å². The van der Waals surface area contributed by atoms with Crippen molar-refractivity contribution in [3.05, 3.63) is 23.2 Å². The van der Waals surface area contributed by atoms with E-state index in [9.17, 15) is 28.8 Å². The maximum atomic E-state index is 12.4. The molecule has 0 aromatic rings. The second-order valence-electron chi connectivity index (χ2n) is 8.88. The fraction of sp³-hybridized carbons (Fsp3) is 0.545. The molecule has 38 heavy (non-hydrogen) atoms. The van der Waals surface area contributed by atoms with E-state index in [0.717, 1.165) is 49.1 Å². The van der Waals surface area contributed by atoms with Gasteiger partial charge in [0.05, 0.1) is 31.9 Å². The SMILES string of the molecule is Cl.O=C(O)CN(CCN(CC(=O)O)CC(=O)O)CC(=O)O.O=C1C=C(N2CC2)C(=O)C(N2CC2)=C1N1CC1. The number of aliphatic carboxylic acids is 4. The average molecular weight is 560 g/mol. The van der Waals surface area contributed by atoms with Crippen LogP contribution in [0, 0.1) is 0 Å². The van der Waals surface area contributed by atoms with Gasteiger partial charge in [-0.25, -0.2) is 0 Å². The van der Waals surface area contributed by atoms with Crippen LogP contribution in [0.1, 0.15) is 0 Å². The summed E-state index contributed by atoms with van der Waals surface area (Å²) in [6.45, 7) is 3.16. The highest BCUT2D eigenvalue weighted by Gasteiger charge is 2.43. The quantitative estimate of drug-likeness (QED) is 0.129. The first-order valence-corrected chi connectivity index (χ1v) is 11.6. The molecular weight excluding hydrogens is 530 g/mol. The number of hydrogen-bond donors (Lipinski definition) is 4. The maximum Gasteiger partial charge on any atom is 0.317 e. The molecule has 0 unspecified atom stereocenters. The van der Waals surface area contributed by atoms with Crippen molar-refractivity contribution in [2.24, 2.45) is 0 Å². The van der Waals surface area contributed by atoms with Gasteiger partial charge in [0.25, 0.3) is 0 Å². The van der Waals surface area contributed by atoms with Crippen molar-refractivity contribution in [1.82, 2.24) is 24.5 Å². The number of ketones is 2. The highest BCUT2D eigenvalue weighted by Crippen LogP contribution is 2.33. The third kappa shape index (κ3) is 9.32. The Hall–Kier alpha value is -3.69. The van der Waals surface area contributed by atoms with Gasteiger partial charge in [-0.3, -0.25) is 38.6 Å². The molecule has 0 aromatic heterocycles. The molecule has 0 spiro atoms. The zero-order valence-corrected chi connectivity index (χ0v) is 21.3. The van der Waals surface area contributed by atoms with Crippen LogP contribution in [0.25, 0.3) is 0 Å². The van der Waals surface area contributed by atoms with E-state index in [1.807, 2.05) is 14.7 Å². The topological polar surface area (TPSA) is 199 Å². The van der Waals surface area contributed by atoms with Gasteiger partial charge in [0, 0.05) is 58.4 Å². The number of hydrogen-bond acceptors (Lipinski definition) is 11. The number of carbonyl (C=O) groups is 6. The van der Waals surface area contributed by atoms with E-state index in [1.54, 1.807) is 0 Å². The molecule has 16 heteroatoms. The summed E-state index contributed by atoms with van der Waals surface area (Å²) in [6, 6.07) is 0. The lowest BCUT2D eigenvalue weighted by atomic mass is 10.0. The van der Waals surface area contributed by atoms with Crippen molar-refractivity contribution in [2.45, 2.75) is 0 Å². The summed E-state index contributed by atoms with van der Waals surface area (Å²) in [5, 5.41) is 34.5. The predicted molar refractivity (Wildman–Crippen MR) is 131 cm³/mol. The highest BCUT2D eigenvalue weighted by atomic mass is 35.5. The van der Waals surface area contributed by atoms with Gasteiger partial charge in [-0.05, 0) is 0 Å². The molecule has 0 amide bonds. The Balaban J connectivity index is 0.000000261. The maximum absolute atomic E-state index is 12.4. The molecule has 0 radical (unpaired) electrons. The molecule has 0 aromatic carbocycles. The summed E-state index contributed by atoms with van der Waals surface area (Å²) in [4.78, 5) is 74.8. The van der Waals surface area contributed by atoms with Gasteiger partial charge < -0.3 is 35.1 Å². The smallest absolute Gasteiger partial charge is 0.317 e. The standard InChI is InChI=1S/C12H13N3O2.C10H16N2O8.ClH/c16-9-7-8(13-1-2-13)12(17)11(15-5-6-15)10(9)14-3-4-14;13-7(14)3-11(4-8(15)16)1-2-12(5-9(17)18)6-10(19)20;/h7H,1-6H2;1-6H2,(H,13,14)(H,15,16)(H,17,18)(H,19,20);1H. The molecule has 0 saturated carbocycles. The Morgan fingerprint density at radius 3 is 1.29 bits per heavy atom. The van der Waals surface area contributed by atoms with Crippen molar-refractivity contribution < 1.29 is 49.2 Å². The van der Waals surface area contributed by atoms with Crippen LogP contribution in [0.15, 0.2) is 23.2 Å². The first-order chi connectivity index (χ1) is 17.5. The number of nitrogens with zero attached hydrogens (tertiary/aromatic N) is 5. The zero-order valence-electron chi connectivity index (χ0n) is 20.4. The number of halogens is 1. The number of Topliss-reactive ketones (excluding diaryl/α,β-unsaturated/α-hetero) is 1. The van der Waals surface area contributed by atoms with Gasteiger partial charge in [-0.15, -0.1) is 12.4 Å². The van der Waals surface area contributed by atoms with E-state index in [-0.39, 0.29) is 37.1 Å². The number of carboxylic acids is 4. The molecule has 3 aliphatic heterocycles. The van der Waals surface area contributed by atoms with Gasteiger partial charge in [0.1, 0.15) is 11.4 Å². The molecule has 15 nitrogen and oxygen atoms in total. The van der Waals surface area contributed by atoms with Crippen LogP contribution in [0.5, 0.6) is 0 Å². The summed E-state index contributed by atoms with van der Waals surface area (Å²) in [5.41, 5.74) is 1.89. The molecule has 1 aliphatic carbocycles. The molecule has 4 N–H and O–H groups in total. The second-order valence-corrected chi connectivity index (χ2v) is 8.88. The van der Waals surface area contributed by atoms with E-state index < -0.39 is 50.1 Å². The lowest BCUT2D eigenvalue weighted by Gasteiger charge is -2.23. The number of rotatable bonds is 14. The molecule has 4 rings (SSSR count). The molecule has 3 heterocycles. The van der Waals surface area contributed by atoms with E-state index >= 15 is 0 Å². The van der Waals surface area contributed by atoms with Crippen molar-refractivity contribution in [3.63, 3.8) is 0 Å². The van der Waals surface area contributed by atoms with Gasteiger partial charge in [0.15, 0.2) is 0 Å². The van der Waals surface area contributed by atoms with Gasteiger partial charge in [-0.2, -0.15) is 0 Å². The van der Waals surface area contributed by atoms with Crippen LogP contribution in [0.3, 0.4) is 0 Å². The van der Waals surface area contributed by atoms with Crippen LogP contribution >= 0.6 is 12.4 Å². The number of allylic oxidation sites excluding steroid dienone is 1. The molecule has 0 atom stereocenters. The fourth-order valence-corrected chi connectivity index (χ4v) is 3.75. The first-order valence-electron chi connectivity index (χ1n) is 11.6. The lowest BCUT2D eigenvalue weighted by Crippen LogP contribution is -2.43. The van der Waals surface area contributed by atoms with Crippen LogP contribution in [0.2, 0.25) is 0 Å². The summed E-state index contributed by atoms with van der Waals surface area (Å²) in [7, 11) is 0. The summed E-state index contributed by atoms with van der Waals surface area (Å²) in [5.74, 6) is -4.86. The highest BCUT2D eigenvalue weighted by molar-refractivity contribution is 6.22. The minimum Gasteiger partial charge on any atom is -0.480 e. The summed E-state index contributed by atoms with van der Waals surface area (Å²) in [6.07, 6.45) is 1.52. The van der Waals surface area contributed by atoms with Gasteiger partial charge in [0.2, 0.25) is 11.6 Å². The Labute approximate surface area is 223 Å². The predicted octanol–water partition coefficient (Wildman–Crippen LogP) is -2.47. The van der Waals surface area contributed by atoms with Gasteiger partial charge >= 0.3 is 23.9 Å². The van der Waals surface area contributed by atoms with Crippen LogP contribution in [0.4, 0.5) is 0 Å². The number of carboxylic acid groups (broad SMARTS) is 4. The second kappa shape index (κ2) is 13.2. The molecule has 3 saturated heterocycles. The number of carbonyl (C=O) groups excluding carboxylic acids is 2. The van der Waals surface area contributed by atoms with Crippen LogP contribution in [-0.4, -0.2) is 159 Å². The molecule has 4 aliphatic rings. The zero-order chi connectivity index (χ0) is 27.3. The van der Waals surface area contributed by atoms with E-state index in [0.29, 0.717) is 17.1 Å². The van der Waals surface area contributed by atoms with Crippen LogP contribution < -0.4 is 0 Å². The monoisotopic (exact) mass is 559 g/mol. The first kappa shape index (κ1) is 30.5. The largest absolute Gasteiger partial charge is 0.480 e. The molecule has 210 valence electrons. The molecule has 0 bridgehead atoms. The van der Waals surface area contributed by atoms with Crippen molar-refractivity contribution in [3.8, 4) is 0 Å². The van der Waals surface area contributed by atoms with Gasteiger partial charge in [-0.1, -0.05) is 0 Å².